The van der Waals surface area contributed by atoms with Crippen LogP contribution in [-0.2, 0) is 11.2 Å². The van der Waals surface area contributed by atoms with Crippen LogP contribution >= 0.6 is 11.6 Å². The number of Topliss-reactive ketones (excluding diaryl/α,β-unsaturated/α-hetero) is 1. The molecule has 0 fully saturated rings. The van der Waals surface area contributed by atoms with Crippen LogP contribution in [-0.4, -0.2) is 12.3 Å². The average molecular weight is 226 g/mol. The van der Waals surface area contributed by atoms with Crippen LogP contribution < -0.4 is 5.73 Å². The minimum atomic E-state index is 0.287. The van der Waals surface area contributed by atoms with E-state index in [-0.39, 0.29) is 5.78 Å². The van der Waals surface area contributed by atoms with E-state index in [0.717, 1.165) is 23.4 Å². The topological polar surface area (TPSA) is 43.1 Å². The van der Waals surface area contributed by atoms with Crippen LogP contribution in [0.15, 0.2) is 24.3 Å². The molecule has 2 N–H and O–H groups in total. The first-order chi connectivity index (χ1) is 7.22. The zero-order chi connectivity index (χ0) is 11.1. The number of aryl methyl sites for hydroxylation is 1. The summed E-state index contributed by atoms with van der Waals surface area (Å²) < 4.78 is 0. The molecule has 0 radical (unpaired) electrons. The summed E-state index contributed by atoms with van der Waals surface area (Å²) in [4.78, 5) is 11.4. The fourth-order valence-electron chi connectivity index (χ4n) is 1.36. The van der Waals surface area contributed by atoms with Crippen LogP contribution in [0.4, 0.5) is 0 Å². The summed E-state index contributed by atoms with van der Waals surface area (Å²) >= 11 is 5.76. The molecule has 0 atom stereocenters. The van der Waals surface area contributed by atoms with Gasteiger partial charge >= 0.3 is 0 Å². The molecule has 15 heavy (non-hydrogen) atoms. The van der Waals surface area contributed by atoms with E-state index >= 15 is 0 Å². The smallest absolute Gasteiger partial charge is 0.133 e. The lowest BCUT2D eigenvalue weighted by Gasteiger charge is -2.01. The van der Waals surface area contributed by atoms with Gasteiger partial charge in [-0.2, -0.15) is 0 Å². The first-order valence-corrected chi connectivity index (χ1v) is 5.56. The highest BCUT2D eigenvalue weighted by Crippen LogP contribution is 2.11. The van der Waals surface area contributed by atoms with Crippen LogP contribution in [0.2, 0.25) is 5.02 Å². The maximum Gasteiger partial charge on any atom is 0.133 e. The standard InChI is InChI=1S/C12H16ClNO/c13-11-6-3-10(4-7-11)5-8-12(15)2-1-9-14/h3-4,6-7H,1-2,5,8-9,14H2. The summed E-state index contributed by atoms with van der Waals surface area (Å²) in [5.41, 5.74) is 6.49. The summed E-state index contributed by atoms with van der Waals surface area (Å²) in [6.07, 6.45) is 2.78. The van der Waals surface area contributed by atoms with Gasteiger partial charge in [0.1, 0.15) is 5.78 Å². The lowest BCUT2D eigenvalue weighted by Crippen LogP contribution is -2.05. The molecule has 1 aromatic carbocycles. The van der Waals surface area contributed by atoms with E-state index in [1.165, 1.54) is 0 Å². The van der Waals surface area contributed by atoms with E-state index in [4.69, 9.17) is 17.3 Å². The molecular weight excluding hydrogens is 210 g/mol. The predicted molar refractivity (Wildman–Crippen MR) is 63.1 cm³/mol. The molecule has 0 heterocycles. The number of carbonyl (C=O) groups excluding carboxylic acids is 1. The third-order valence-corrected chi connectivity index (χ3v) is 2.52. The average Bonchev–Trinajstić information content (AvgIpc) is 2.25. The Morgan fingerprint density at radius 2 is 1.87 bits per heavy atom. The van der Waals surface area contributed by atoms with Gasteiger partial charge in [-0.1, -0.05) is 23.7 Å². The van der Waals surface area contributed by atoms with Gasteiger partial charge in [0.05, 0.1) is 0 Å². The second-order valence-corrected chi connectivity index (χ2v) is 3.99. The zero-order valence-corrected chi connectivity index (χ0v) is 9.46. The van der Waals surface area contributed by atoms with Crippen molar-refractivity contribution in [2.75, 3.05) is 6.54 Å². The fourth-order valence-corrected chi connectivity index (χ4v) is 1.49. The molecule has 82 valence electrons. The van der Waals surface area contributed by atoms with Gasteiger partial charge in [0.2, 0.25) is 0 Å². The molecule has 0 aliphatic rings. The zero-order valence-electron chi connectivity index (χ0n) is 8.71. The number of ketones is 1. The molecule has 0 unspecified atom stereocenters. The molecule has 0 aromatic heterocycles. The molecule has 0 aliphatic heterocycles. The molecule has 0 saturated carbocycles. The second-order valence-electron chi connectivity index (χ2n) is 3.56. The van der Waals surface area contributed by atoms with Gasteiger partial charge < -0.3 is 5.73 Å². The van der Waals surface area contributed by atoms with Crippen molar-refractivity contribution in [2.24, 2.45) is 5.73 Å². The quantitative estimate of drug-likeness (QED) is 0.809. The Morgan fingerprint density at radius 1 is 1.20 bits per heavy atom. The Morgan fingerprint density at radius 3 is 2.47 bits per heavy atom. The maximum absolute atomic E-state index is 11.4. The molecular formula is C12H16ClNO. The van der Waals surface area contributed by atoms with Crippen LogP contribution in [0.1, 0.15) is 24.8 Å². The van der Waals surface area contributed by atoms with E-state index < -0.39 is 0 Å². The van der Waals surface area contributed by atoms with Crippen molar-refractivity contribution in [3.05, 3.63) is 34.9 Å². The van der Waals surface area contributed by atoms with Crippen molar-refractivity contribution in [1.82, 2.24) is 0 Å². The Hall–Kier alpha value is -0.860. The van der Waals surface area contributed by atoms with Crippen molar-refractivity contribution in [1.29, 1.82) is 0 Å². The number of rotatable bonds is 6. The molecule has 0 aliphatic carbocycles. The first-order valence-electron chi connectivity index (χ1n) is 5.18. The molecule has 0 spiro atoms. The van der Waals surface area contributed by atoms with Crippen molar-refractivity contribution >= 4 is 17.4 Å². The molecule has 0 amide bonds. The van der Waals surface area contributed by atoms with Crippen molar-refractivity contribution in [3.63, 3.8) is 0 Å². The second kappa shape index (κ2) is 6.59. The summed E-state index contributed by atoms with van der Waals surface area (Å²) in [7, 11) is 0. The highest BCUT2D eigenvalue weighted by Gasteiger charge is 2.01. The van der Waals surface area contributed by atoms with E-state index in [1.54, 1.807) is 0 Å². The third kappa shape index (κ3) is 4.96. The summed E-state index contributed by atoms with van der Waals surface area (Å²) in [5.74, 6) is 0.287. The Kier molecular flexibility index (Phi) is 5.37. The SMILES string of the molecule is NCCCC(=O)CCc1ccc(Cl)cc1. The van der Waals surface area contributed by atoms with E-state index in [1.807, 2.05) is 24.3 Å². The number of carbonyl (C=O) groups is 1. The number of hydrogen-bond acceptors (Lipinski definition) is 2. The molecule has 3 heteroatoms. The number of benzene rings is 1. The molecule has 1 rings (SSSR count). The lowest BCUT2D eigenvalue weighted by atomic mass is 10.1. The van der Waals surface area contributed by atoms with Crippen LogP contribution in [0, 0.1) is 0 Å². The number of hydrogen-bond donors (Lipinski definition) is 1. The van der Waals surface area contributed by atoms with E-state index in [9.17, 15) is 4.79 Å². The number of nitrogens with two attached hydrogens (primary N) is 1. The molecule has 2 nitrogen and oxygen atoms in total. The summed E-state index contributed by atoms with van der Waals surface area (Å²) in [6, 6.07) is 7.61. The lowest BCUT2D eigenvalue weighted by molar-refractivity contribution is -0.119. The van der Waals surface area contributed by atoms with Gasteiger partial charge in [-0.15, -0.1) is 0 Å². The largest absolute Gasteiger partial charge is 0.330 e. The Bertz CT molecular complexity index is 308. The minimum absolute atomic E-state index is 0.287. The van der Waals surface area contributed by atoms with Crippen molar-refractivity contribution in [2.45, 2.75) is 25.7 Å². The van der Waals surface area contributed by atoms with Crippen molar-refractivity contribution < 1.29 is 4.79 Å². The normalized spacial score (nSPS) is 10.3. The highest BCUT2D eigenvalue weighted by atomic mass is 35.5. The van der Waals surface area contributed by atoms with Gasteiger partial charge in [-0.05, 0) is 37.1 Å². The van der Waals surface area contributed by atoms with Crippen LogP contribution in [0.3, 0.4) is 0 Å². The Labute approximate surface area is 95.4 Å². The molecule has 0 saturated heterocycles. The Balaban J connectivity index is 2.30. The summed E-state index contributed by atoms with van der Waals surface area (Å²) in [5, 5.41) is 0.730. The van der Waals surface area contributed by atoms with E-state index in [2.05, 4.69) is 0 Å². The minimum Gasteiger partial charge on any atom is -0.330 e. The van der Waals surface area contributed by atoms with Gasteiger partial charge in [0.25, 0.3) is 0 Å². The van der Waals surface area contributed by atoms with Gasteiger partial charge in [-0.25, -0.2) is 0 Å². The van der Waals surface area contributed by atoms with E-state index in [0.29, 0.717) is 19.4 Å². The van der Waals surface area contributed by atoms with Crippen LogP contribution in [0.25, 0.3) is 0 Å². The van der Waals surface area contributed by atoms with Gasteiger partial charge in [-0.3, -0.25) is 4.79 Å². The fraction of sp³-hybridized carbons (Fsp3) is 0.417. The van der Waals surface area contributed by atoms with Gasteiger partial charge in [0.15, 0.2) is 0 Å². The molecule has 0 bridgehead atoms. The molecule has 1 aromatic rings. The maximum atomic E-state index is 11.4. The van der Waals surface area contributed by atoms with Crippen LogP contribution in [0.5, 0.6) is 0 Å². The monoisotopic (exact) mass is 225 g/mol. The first kappa shape index (κ1) is 12.2. The van der Waals surface area contributed by atoms with Gasteiger partial charge in [0, 0.05) is 17.9 Å². The number of halogens is 1. The predicted octanol–water partition coefficient (Wildman–Crippen LogP) is 2.58. The van der Waals surface area contributed by atoms with Crippen molar-refractivity contribution in [3.8, 4) is 0 Å². The third-order valence-electron chi connectivity index (χ3n) is 2.27. The highest BCUT2D eigenvalue weighted by molar-refractivity contribution is 6.30. The summed E-state index contributed by atoms with van der Waals surface area (Å²) in [6.45, 7) is 0.590.